The van der Waals surface area contributed by atoms with Crippen LogP contribution in [0.2, 0.25) is 0 Å². The van der Waals surface area contributed by atoms with Crippen molar-refractivity contribution in [3.05, 3.63) is 24.3 Å². The predicted octanol–water partition coefficient (Wildman–Crippen LogP) is 0.391. The third kappa shape index (κ3) is 4.70. The third-order valence-corrected chi connectivity index (χ3v) is 4.11. The zero-order valence-corrected chi connectivity index (χ0v) is 12.2. The first-order chi connectivity index (χ1) is 8.40. The fourth-order valence-corrected chi connectivity index (χ4v) is 2.69. The van der Waals surface area contributed by atoms with Gasteiger partial charge in [-0.15, -0.1) is 12.4 Å². The van der Waals surface area contributed by atoms with E-state index in [4.69, 9.17) is 10.5 Å². The molecule has 0 aromatic heterocycles. The van der Waals surface area contributed by atoms with Crippen LogP contribution < -0.4 is 10.5 Å². The summed E-state index contributed by atoms with van der Waals surface area (Å²) in [5.74, 6) is -0.704. The van der Waals surface area contributed by atoms with Gasteiger partial charge in [0.05, 0.1) is 24.9 Å². The van der Waals surface area contributed by atoms with Crippen molar-refractivity contribution in [2.45, 2.75) is 10.9 Å². The summed E-state index contributed by atoms with van der Waals surface area (Å²) < 4.78 is 33.2. The second-order valence-corrected chi connectivity index (χ2v) is 5.62. The topological polar surface area (TPSA) is 95.7 Å². The molecule has 1 atom stereocenters. The summed E-state index contributed by atoms with van der Waals surface area (Å²) in [5, 5.41) is 0. The molecule has 0 aliphatic carbocycles. The molecule has 0 aliphatic heterocycles. The SMILES string of the molecule is COC(=O)C(N)CS(=O)(=O)c1ccc(OC)cc1.Cl. The van der Waals surface area contributed by atoms with Gasteiger partial charge in [0, 0.05) is 0 Å². The summed E-state index contributed by atoms with van der Waals surface area (Å²) in [5.41, 5.74) is 5.43. The molecule has 0 radical (unpaired) electrons. The minimum absolute atomic E-state index is 0. The minimum Gasteiger partial charge on any atom is -0.497 e. The Morgan fingerprint density at radius 2 is 1.79 bits per heavy atom. The van der Waals surface area contributed by atoms with Gasteiger partial charge in [-0.1, -0.05) is 0 Å². The normalized spacial score (nSPS) is 12.2. The van der Waals surface area contributed by atoms with E-state index in [1.807, 2.05) is 0 Å². The molecular formula is C11H16ClNO5S. The lowest BCUT2D eigenvalue weighted by atomic mass is 10.3. The van der Waals surface area contributed by atoms with E-state index in [1.54, 1.807) is 0 Å². The molecule has 0 heterocycles. The fraction of sp³-hybridized carbons (Fsp3) is 0.364. The monoisotopic (exact) mass is 309 g/mol. The minimum atomic E-state index is -3.62. The average Bonchev–Trinajstić information content (AvgIpc) is 2.37. The zero-order chi connectivity index (χ0) is 13.8. The van der Waals surface area contributed by atoms with Crippen LogP contribution in [0, 0.1) is 0 Å². The number of ether oxygens (including phenoxy) is 2. The second-order valence-electron chi connectivity index (χ2n) is 3.59. The smallest absolute Gasteiger partial charge is 0.323 e. The van der Waals surface area contributed by atoms with Crippen molar-refractivity contribution in [1.82, 2.24) is 0 Å². The summed E-state index contributed by atoms with van der Waals surface area (Å²) in [6.07, 6.45) is 0. The molecule has 19 heavy (non-hydrogen) atoms. The molecule has 0 saturated heterocycles. The van der Waals surface area contributed by atoms with Crippen LogP contribution in [0.5, 0.6) is 5.75 Å². The molecule has 0 fully saturated rings. The number of sulfone groups is 1. The van der Waals surface area contributed by atoms with E-state index in [9.17, 15) is 13.2 Å². The maximum atomic E-state index is 11.9. The van der Waals surface area contributed by atoms with Crippen LogP contribution >= 0.6 is 12.4 Å². The predicted molar refractivity (Wildman–Crippen MR) is 72.3 cm³/mol. The zero-order valence-electron chi connectivity index (χ0n) is 10.5. The van der Waals surface area contributed by atoms with Gasteiger partial charge in [0.15, 0.2) is 9.84 Å². The number of rotatable bonds is 5. The van der Waals surface area contributed by atoms with Gasteiger partial charge >= 0.3 is 5.97 Å². The van der Waals surface area contributed by atoms with Gasteiger partial charge in [-0.05, 0) is 24.3 Å². The Labute approximate surface area is 118 Å². The molecule has 0 bridgehead atoms. The number of methoxy groups -OCH3 is 2. The highest BCUT2D eigenvalue weighted by molar-refractivity contribution is 7.91. The Bertz CT molecular complexity index is 514. The summed E-state index contributed by atoms with van der Waals surface area (Å²) >= 11 is 0. The van der Waals surface area contributed by atoms with Gasteiger partial charge in [-0.25, -0.2) is 8.42 Å². The lowest BCUT2D eigenvalue weighted by Crippen LogP contribution is -2.38. The van der Waals surface area contributed by atoms with Gasteiger partial charge < -0.3 is 15.2 Å². The number of halogens is 1. The molecule has 0 saturated carbocycles. The number of carbonyl (C=O) groups excluding carboxylic acids is 1. The number of esters is 1. The molecule has 0 amide bonds. The maximum absolute atomic E-state index is 11.9. The van der Waals surface area contributed by atoms with E-state index >= 15 is 0 Å². The highest BCUT2D eigenvalue weighted by Gasteiger charge is 2.24. The Hall–Kier alpha value is -1.31. The lowest BCUT2D eigenvalue weighted by Gasteiger charge is -2.10. The highest BCUT2D eigenvalue weighted by atomic mass is 35.5. The van der Waals surface area contributed by atoms with Crippen molar-refractivity contribution in [2.75, 3.05) is 20.0 Å². The Kier molecular flexibility index (Phi) is 6.82. The van der Waals surface area contributed by atoms with Crippen LogP contribution in [-0.2, 0) is 19.4 Å². The van der Waals surface area contributed by atoms with E-state index in [0.29, 0.717) is 5.75 Å². The van der Waals surface area contributed by atoms with E-state index < -0.39 is 27.6 Å². The molecular weight excluding hydrogens is 294 g/mol. The van der Waals surface area contributed by atoms with E-state index in [0.717, 1.165) is 7.11 Å². The van der Waals surface area contributed by atoms with Crippen molar-refractivity contribution in [3.8, 4) is 5.75 Å². The Balaban J connectivity index is 0.00000324. The summed E-state index contributed by atoms with van der Waals surface area (Å²) in [4.78, 5) is 11.2. The fourth-order valence-electron chi connectivity index (χ4n) is 1.34. The lowest BCUT2D eigenvalue weighted by molar-refractivity contribution is -0.141. The van der Waals surface area contributed by atoms with Crippen molar-refractivity contribution in [2.24, 2.45) is 5.73 Å². The molecule has 0 aliphatic rings. The standard InChI is InChI=1S/C11H15NO5S.ClH/c1-16-8-3-5-9(6-4-8)18(14,15)7-10(12)11(13)17-2;/h3-6,10H,7,12H2,1-2H3;1H. The molecule has 8 heteroatoms. The van der Waals surface area contributed by atoms with Gasteiger partial charge in [0.1, 0.15) is 11.8 Å². The average molecular weight is 310 g/mol. The quantitative estimate of drug-likeness (QED) is 0.791. The third-order valence-electron chi connectivity index (χ3n) is 2.32. The molecule has 1 aromatic rings. The van der Waals surface area contributed by atoms with Crippen molar-refractivity contribution < 1.29 is 22.7 Å². The first-order valence-electron chi connectivity index (χ1n) is 5.11. The summed E-state index contributed by atoms with van der Waals surface area (Å²) in [7, 11) is -0.983. The summed E-state index contributed by atoms with van der Waals surface area (Å²) in [6, 6.07) is 4.66. The Morgan fingerprint density at radius 3 is 2.21 bits per heavy atom. The summed E-state index contributed by atoms with van der Waals surface area (Å²) in [6.45, 7) is 0. The molecule has 0 spiro atoms. The maximum Gasteiger partial charge on any atom is 0.323 e. The van der Waals surface area contributed by atoms with Gasteiger partial charge in [0.2, 0.25) is 0 Å². The van der Waals surface area contributed by atoms with Crippen LogP contribution in [-0.4, -0.2) is 40.4 Å². The molecule has 1 rings (SSSR count). The van der Waals surface area contributed by atoms with Gasteiger partial charge in [-0.2, -0.15) is 0 Å². The van der Waals surface area contributed by atoms with Crippen LogP contribution in [0.3, 0.4) is 0 Å². The highest BCUT2D eigenvalue weighted by Crippen LogP contribution is 2.17. The molecule has 2 N–H and O–H groups in total. The molecule has 1 aromatic carbocycles. The van der Waals surface area contributed by atoms with Crippen molar-refractivity contribution >= 4 is 28.2 Å². The number of benzene rings is 1. The van der Waals surface area contributed by atoms with Crippen LogP contribution in [0.25, 0.3) is 0 Å². The largest absolute Gasteiger partial charge is 0.497 e. The van der Waals surface area contributed by atoms with Crippen LogP contribution in [0.15, 0.2) is 29.2 Å². The number of carbonyl (C=O) groups is 1. The van der Waals surface area contributed by atoms with E-state index in [2.05, 4.69) is 4.74 Å². The number of nitrogens with two attached hydrogens (primary N) is 1. The van der Waals surface area contributed by atoms with Crippen molar-refractivity contribution in [3.63, 3.8) is 0 Å². The number of hydrogen-bond donors (Lipinski definition) is 1. The van der Waals surface area contributed by atoms with Crippen LogP contribution in [0.1, 0.15) is 0 Å². The first kappa shape index (κ1) is 17.7. The van der Waals surface area contributed by atoms with E-state index in [1.165, 1.54) is 31.4 Å². The Morgan fingerprint density at radius 1 is 1.26 bits per heavy atom. The number of hydrogen-bond acceptors (Lipinski definition) is 6. The second kappa shape index (κ2) is 7.32. The first-order valence-corrected chi connectivity index (χ1v) is 6.76. The molecule has 6 nitrogen and oxygen atoms in total. The van der Waals surface area contributed by atoms with E-state index in [-0.39, 0.29) is 17.3 Å². The van der Waals surface area contributed by atoms with Crippen LogP contribution in [0.4, 0.5) is 0 Å². The van der Waals surface area contributed by atoms with Crippen molar-refractivity contribution in [1.29, 1.82) is 0 Å². The van der Waals surface area contributed by atoms with Gasteiger partial charge in [-0.3, -0.25) is 4.79 Å². The van der Waals surface area contributed by atoms with Gasteiger partial charge in [0.25, 0.3) is 0 Å². The molecule has 1 unspecified atom stereocenters. The molecule has 108 valence electrons.